The van der Waals surface area contributed by atoms with E-state index in [1.54, 1.807) is 0 Å². The largest absolute Gasteiger partial charge is 0.229 e. The van der Waals surface area contributed by atoms with E-state index in [1.807, 2.05) is 0 Å². The molecular weight excluding hydrogens is 248 g/mol. The molecule has 0 aliphatic heterocycles. The van der Waals surface area contributed by atoms with Crippen molar-refractivity contribution in [3.63, 3.8) is 0 Å². The topological polar surface area (TPSA) is 12.9 Å². The Morgan fingerprint density at radius 3 is 2.83 bits per heavy atom. The van der Waals surface area contributed by atoms with Crippen molar-refractivity contribution >= 4 is 37.5 Å². The third kappa shape index (κ3) is 1.13. The molecule has 0 N–H and O–H groups in total. The van der Waals surface area contributed by atoms with Crippen LogP contribution >= 0.6 is 27.3 Å². The molecule has 0 saturated heterocycles. The van der Waals surface area contributed by atoms with Crippen LogP contribution in [0.5, 0.6) is 0 Å². The van der Waals surface area contributed by atoms with Gasteiger partial charge in [-0.15, -0.1) is 11.3 Å². The molecule has 0 unspecified atom stereocenters. The molecule has 1 nitrogen and oxygen atoms in total. The van der Waals surface area contributed by atoms with Gasteiger partial charge in [0.25, 0.3) is 0 Å². The van der Waals surface area contributed by atoms with E-state index >= 15 is 0 Å². The van der Waals surface area contributed by atoms with Gasteiger partial charge in [-0.2, -0.15) is 0 Å². The molecule has 0 atom stereocenters. The minimum atomic E-state index is -0.835. The van der Waals surface area contributed by atoms with Crippen molar-refractivity contribution in [2.45, 2.75) is 0 Å². The van der Waals surface area contributed by atoms with Gasteiger partial charge in [-0.1, -0.05) is 0 Å². The number of benzene rings is 1. The first-order chi connectivity index (χ1) is 5.68. The molecule has 2 aromatic rings. The standard InChI is InChI=1S/C7H2BrF2NS/c8-7-11-4-2-1-3(9)5(10)6(4)12-7/h1-2H. The number of rotatable bonds is 0. The fraction of sp³-hybridized carbons (Fsp3) is 0. The van der Waals surface area contributed by atoms with E-state index in [0.717, 1.165) is 17.4 Å². The lowest BCUT2D eigenvalue weighted by Gasteiger charge is -1.90. The second-order valence-corrected chi connectivity index (χ2v) is 4.45. The first-order valence-electron chi connectivity index (χ1n) is 3.08. The third-order valence-corrected chi connectivity index (χ3v) is 2.94. The number of nitrogens with zero attached hydrogens (tertiary/aromatic N) is 1. The summed E-state index contributed by atoms with van der Waals surface area (Å²) < 4.78 is 26.4. The maximum absolute atomic E-state index is 13.0. The lowest BCUT2D eigenvalue weighted by Crippen LogP contribution is -1.81. The molecule has 62 valence electrons. The van der Waals surface area contributed by atoms with Crippen LogP contribution in [0.25, 0.3) is 10.2 Å². The van der Waals surface area contributed by atoms with Crippen molar-refractivity contribution in [2.24, 2.45) is 0 Å². The molecule has 0 saturated carbocycles. The van der Waals surface area contributed by atoms with Gasteiger partial charge < -0.3 is 0 Å². The highest BCUT2D eigenvalue weighted by Gasteiger charge is 2.10. The quantitative estimate of drug-likeness (QED) is 0.698. The van der Waals surface area contributed by atoms with Crippen molar-refractivity contribution in [3.05, 3.63) is 27.7 Å². The molecule has 2 rings (SSSR count). The highest BCUT2D eigenvalue weighted by Crippen LogP contribution is 2.29. The average molecular weight is 250 g/mol. The van der Waals surface area contributed by atoms with Gasteiger partial charge in [0.2, 0.25) is 0 Å². The van der Waals surface area contributed by atoms with Gasteiger partial charge in [-0.05, 0) is 28.1 Å². The number of aromatic nitrogens is 1. The summed E-state index contributed by atoms with van der Waals surface area (Å²) in [6.07, 6.45) is 0. The maximum Gasteiger partial charge on any atom is 0.178 e. The zero-order valence-electron chi connectivity index (χ0n) is 5.64. The normalized spacial score (nSPS) is 10.9. The molecule has 0 fully saturated rings. The molecule has 0 aliphatic rings. The van der Waals surface area contributed by atoms with Gasteiger partial charge in [-0.3, -0.25) is 0 Å². The predicted octanol–water partition coefficient (Wildman–Crippen LogP) is 3.34. The second kappa shape index (κ2) is 2.74. The highest BCUT2D eigenvalue weighted by atomic mass is 79.9. The van der Waals surface area contributed by atoms with Gasteiger partial charge in [-0.25, -0.2) is 13.8 Å². The van der Waals surface area contributed by atoms with Crippen LogP contribution in [0.3, 0.4) is 0 Å². The van der Waals surface area contributed by atoms with Gasteiger partial charge in [0.05, 0.1) is 10.2 Å². The monoisotopic (exact) mass is 249 g/mol. The lowest BCUT2D eigenvalue weighted by molar-refractivity contribution is 0.518. The molecule has 0 radical (unpaired) electrons. The van der Waals surface area contributed by atoms with Crippen LogP contribution in [0.15, 0.2) is 16.0 Å². The number of fused-ring (bicyclic) bond motifs is 1. The Balaban J connectivity index is 2.89. The van der Waals surface area contributed by atoms with Crippen molar-refractivity contribution in [3.8, 4) is 0 Å². The Bertz CT molecular complexity index is 440. The molecule has 0 spiro atoms. The summed E-state index contributed by atoms with van der Waals surface area (Å²) in [5, 5.41) is 0. The summed E-state index contributed by atoms with van der Waals surface area (Å²) in [5.74, 6) is -1.66. The van der Waals surface area contributed by atoms with Crippen molar-refractivity contribution in [1.82, 2.24) is 4.98 Å². The summed E-state index contributed by atoms with van der Waals surface area (Å²) in [7, 11) is 0. The summed E-state index contributed by atoms with van der Waals surface area (Å²) >= 11 is 4.19. The van der Waals surface area contributed by atoms with E-state index in [9.17, 15) is 8.78 Å². The Labute approximate surface area is 79.2 Å². The van der Waals surface area contributed by atoms with Gasteiger partial charge in [0.15, 0.2) is 15.6 Å². The van der Waals surface area contributed by atoms with E-state index in [2.05, 4.69) is 20.9 Å². The average Bonchev–Trinajstić information content (AvgIpc) is 2.39. The molecule has 1 heterocycles. The van der Waals surface area contributed by atoms with E-state index in [1.165, 1.54) is 6.07 Å². The van der Waals surface area contributed by atoms with Crippen LogP contribution in [-0.4, -0.2) is 4.98 Å². The third-order valence-electron chi connectivity index (χ3n) is 1.42. The maximum atomic E-state index is 13.0. The lowest BCUT2D eigenvalue weighted by atomic mass is 10.3. The Morgan fingerprint density at radius 2 is 2.08 bits per heavy atom. The summed E-state index contributed by atoms with van der Waals surface area (Å²) in [6.45, 7) is 0. The molecular formula is C7H2BrF2NS. The predicted molar refractivity (Wildman–Crippen MR) is 47.2 cm³/mol. The Hall–Kier alpha value is -0.550. The van der Waals surface area contributed by atoms with Gasteiger partial charge >= 0.3 is 0 Å². The van der Waals surface area contributed by atoms with Crippen LogP contribution in [0.4, 0.5) is 8.78 Å². The van der Waals surface area contributed by atoms with Crippen LogP contribution in [0, 0.1) is 11.6 Å². The van der Waals surface area contributed by atoms with E-state index < -0.39 is 11.6 Å². The second-order valence-electron chi connectivity index (χ2n) is 2.18. The van der Waals surface area contributed by atoms with Crippen molar-refractivity contribution in [1.29, 1.82) is 0 Å². The van der Waals surface area contributed by atoms with E-state index in [0.29, 0.717) is 9.43 Å². The smallest absolute Gasteiger partial charge is 0.178 e. The van der Waals surface area contributed by atoms with Crippen LogP contribution < -0.4 is 0 Å². The zero-order chi connectivity index (χ0) is 8.72. The Morgan fingerprint density at radius 1 is 1.33 bits per heavy atom. The molecule has 5 heteroatoms. The number of hydrogen-bond donors (Lipinski definition) is 0. The molecule has 0 bridgehead atoms. The Kier molecular flexibility index (Phi) is 1.84. The fourth-order valence-corrected chi connectivity index (χ4v) is 2.30. The fourth-order valence-electron chi connectivity index (χ4n) is 0.909. The summed E-state index contributed by atoms with van der Waals surface area (Å²) in [6, 6.07) is 2.53. The van der Waals surface area contributed by atoms with Gasteiger partial charge in [0.1, 0.15) is 0 Å². The first kappa shape index (κ1) is 8.07. The van der Waals surface area contributed by atoms with Crippen LogP contribution in [-0.2, 0) is 0 Å². The SMILES string of the molecule is Fc1ccc2nc(Br)sc2c1F. The van der Waals surface area contributed by atoms with Crippen molar-refractivity contribution in [2.75, 3.05) is 0 Å². The number of hydrogen-bond acceptors (Lipinski definition) is 2. The van der Waals surface area contributed by atoms with Crippen LogP contribution in [0.2, 0.25) is 0 Å². The van der Waals surface area contributed by atoms with E-state index in [-0.39, 0.29) is 4.70 Å². The number of thiazole rings is 1. The van der Waals surface area contributed by atoms with Crippen LogP contribution in [0.1, 0.15) is 0 Å². The van der Waals surface area contributed by atoms with Crippen molar-refractivity contribution < 1.29 is 8.78 Å². The summed E-state index contributed by atoms with van der Waals surface area (Å²) in [5.41, 5.74) is 0.478. The minimum Gasteiger partial charge on any atom is -0.229 e. The van der Waals surface area contributed by atoms with Gasteiger partial charge in [0, 0.05) is 0 Å². The molecule has 0 amide bonds. The number of halogens is 3. The molecule has 0 aliphatic carbocycles. The zero-order valence-corrected chi connectivity index (χ0v) is 8.05. The highest BCUT2D eigenvalue weighted by molar-refractivity contribution is 9.11. The first-order valence-corrected chi connectivity index (χ1v) is 4.69. The molecule has 1 aromatic carbocycles. The summed E-state index contributed by atoms with van der Waals surface area (Å²) in [4.78, 5) is 3.94. The minimum absolute atomic E-state index is 0.252. The molecule has 1 aromatic heterocycles. The molecule has 12 heavy (non-hydrogen) atoms. The van der Waals surface area contributed by atoms with E-state index in [4.69, 9.17) is 0 Å².